The zero-order valence-corrected chi connectivity index (χ0v) is 17.1. The molecular weight excluding hydrogens is 411 g/mol. The molecule has 0 atom stereocenters. The van der Waals surface area contributed by atoms with Gasteiger partial charge in [-0.3, -0.25) is 0 Å². The lowest BCUT2D eigenvalue weighted by molar-refractivity contribution is -0.0116. The lowest BCUT2D eigenvalue weighted by Crippen LogP contribution is -2.19. The Bertz CT molecular complexity index is 1170. The van der Waals surface area contributed by atoms with Gasteiger partial charge in [-0.2, -0.15) is 5.10 Å². The van der Waals surface area contributed by atoms with Crippen LogP contribution >= 0.6 is 11.8 Å². The van der Waals surface area contributed by atoms with Crippen LogP contribution in [0.3, 0.4) is 0 Å². The lowest BCUT2D eigenvalue weighted by atomic mass is 9.97. The second kappa shape index (κ2) is 7.79. The van der Waals surface area contributed by atoms with Gasteiger partial charge in [0.1, 0.15) is 5.82 Å². The Labute approximate surface area is 175 Å². The number of rotatable bonds is 4. The number of nitrogens with one attached hydrogen (secondary N) is 1. The van der Waals surface area contributed by atoms with Gasteiger partial charge in [-0.05, 0) is 54.8 Å². The van der Waals surface area contributed by atoms with Crippen molar-refractivity contribution in [2.75, 3.05) is 5.75 Å². The molecule has 156 valence electrons. The minimum atomic E-state index is -2.84. The van der Waals surface area contributed by atoms with Crippen molar-refractivity contribution in [2.45, 2.75) is 37.1 Å². The summed E-state index contributed by atoms with van der Waals surface area (Å²) < 4.78 is 44.7. The molecule has 2 heterocycles. The van der Waals surface area contributed by atoms with Gasteiger partial charge in [0.25, 0.3) is 5.92 Å². The topological polar surface area (TPSA) is 79.5 Å². The standard InChI is InChI=1S/C21H20F3N5S/c1-12-15(8-13-2-5-19-17(9-13)21(23,24)6-7-30-19)16-10-14(22)3-4-18(16)29(12)11-20(27-25)28-26/h2-5,9-10,25H,6-8,11,26H2,1H3/b27-25?,28-20-. The van der Waals surface area contributed by atoms with Gasteiger partial charge >= 0.3 is 0 Å². The third-order valence-corrected chi connectivity index (χ3v) is 6.56. The Morgan fingerprint density at radius 1 is 1.27 bits per heavy atom. The predicted molar refractivity (Wildman–Crippen MR) is 112 cm³/mol. The SMILES string of the molecule is Cc1c(Cc2ccc3c(c2)C(F)(F)CCS3)c2cc(F)ccc2n1C/C(N=N)=N/N. The van der Waals surface area contributed by atoms with Crippen LogP contribution in [-0.2, 0) is 18.9 Å². The smallest absolute Gasteiger partial charge is 0.275 e. The Morgan fingerprint density at radius 3 is 2.80 bits per heavy atom. The van der Waals surface area contributed by atoms with Gasteiger partial charge in [0.2, 0.25) is 0 Å². The number of aromatic nitrogens is 1. The summed E-state index contributed by atoms with van der Waals surface area (Å²) in [4.78, 5) is 0.612. The lowest BCUT2D eigenvalue weighted by Gasteiger charge is -2.25. The van der Waals surface area contributed by atoms with E-state index >= 15 is 0 Å². The van der Waals surface area contributed by atoms with Gasteiger partial charge in [-0.15, -0.1) is 16.9 Å². The average Bonchev–Trinajstić information content (AvgIpc) is 2.97. The number of hydrogen-bond acceptors (Lipinski definition) is 4. The molecular formula is C21H20F3N5S. The van der Waals surface area contributed by atoms with Gasteiger partial charge in [0.15, 0.2) is 5.84 Å². The molecule has 3 aromatic rings. The molecule has 3 N–H and O–H groups in total. The monoisotopic (exact) mass is 431 g/mol. The largest absolute Gasteiger partial charge is 0.337 e. The van der Waals surface area contributed by atoms with Gasteiger partial charge in [0, 0.05) is 39.2 Å². The Kier molecular flexibility index (Phi) is 5.31. The van der Waals surface area contributed by atoms with Gasteiger partial charge in [-0.1, -0.05) is 6.07 Å². The van der Waals surface area contributed by atoms with Crippen molar-refractivity contribution in [3.05, 3.63) is 64.6 Å². The van der Waals surface area contributed by atoms with Crippen LogP contribution in [0.4, 0.5) is 13.2 Å². The first kappa shape index (κ1) is 20.5. The van der Waals surface area contributed by atoms with E-state index in [9.17, 15) is 13.2 Å². The Morgan fingerprint density at radius 2 is 2.07 bits per heavy atom. The van der Waals surface area contributed by atoms with Gasteiger partial charge in [0.05, 0.1) is 6.54 Å². The number of nitrogens with two attached hydrogens (primary N) is 1. The van der Waals surface area contributed by atoms with Crippen LogP contribution in [0.2, 0.25) is 0 Å². The molecule has 0 amide bonds. The first-order valence-electron chi connectivity index (χ1n) is 9.39. The van der Waals surface area contributed by atoms with Crippen molar-refractivity contribution >= 4 is 28.5 Å². The molecule has 0 spiro atoms. The third-order valence-electron chi connectivity index (χ3n) is 5.49. The molecule has 0 unspecified atom stereocenters. The minimum Gasteiger partial charge on any atom is -0.337 e. The van der Waals surface area contributed by atoms with Crippen molar-refractivity contribution < 1.29 is 13.2 Å². The maximum atomic E-state index is 14.4. The number of alkyl halides is 2. The van der Waals surface area contributed by atoms with Gasteiger partial charge in [-0.25, -0.2) is 18.7 Å². The highest BCUT2D eigenvalue weighted by molar-refractivity contribution is 7.99. The Balaban J connectivity index is 1.81. The molecule has 1 aliphatic heterocycles. The summed E-state index contributed by atoms with van der Waals surface area (Å²) in [5, 5.41) is 7.51. The van der Waals surface area contributed by atoms with Crippen LogP contribution in [-0.4, -0.2) is 16.2 Å². The molecule has 1 aliphatic rings. The number of fused-ring (bicyclic) bond motifs is 2. The van der Waals surface area contributed by atoms with Crippen molar-refractivity contribution in [3.8, 4) is 0 Å². The fraction of sp³-hybridized carbons (Fsp3) is 0.286. The summed E-state index contributed by atoms with van der Waals surface area (Å²) in [6.07, 6.45) is 0.204. The molecule has 4 rings (SSSR count). The minimum absolute atomic E-state index is 0.0642. The molecule has 0 fully saturated rings. The summed E-state index contributed by atoms with van der Waals surface area (Å²) in [5.74, 6) is 2.60. The zero-order valence-electron chi connectivity index (χ0n) is 16.3. The van der Waals surface area contributed by atoms with Crippen molar-refractivity contribution in [1.82, 2.24) is 4.57 Å². The summed E-state index contributed by atoms with van der Waals surface area (Å²) in [6, 6.07) is 9.60. The molecule has 2 aromatic carbocycles. The van der Waals surface area contributed by atoms with Crippen LogP contribution in [0, 0.1) is 18.3 Å². The van der Waals surface area contributed by atoms with Crippen molar-refractivity contribution in [1.29, 1.82) is 5.53 Å². The highest BCUT2D eigenvalue weighted by atomic mass is 32.2. The highest BCUT2D eigenvalue weighted by Gasteiger charge is 2.37. The van der Waals surface area contributed by atoms with E-state index in [4.69, 9.17) is 11.4 Å². The van der Waals surface area contributed by atoms with Crippen LogP contribution < -0.4 is 5.84 Å². The zero-order chi connectivity index (χ0) is 21.5. The normalized spacial score (nSPS) is 15.9. The number of amidine groups is 1. The molecule has 1 aromatic heterocycles. The average molecular weight is 431 g/mol. The molecule has 0 saturated carbocycles. The van der Waals surface area contributed by atoms with E-state index < -0.39 is 5.92 Å². The first-order valence-corrected chi connectivity index (χ1v) is 10.4. The molecule has 9 heteroatoms. The van der Waals surface area contributed by atoms with Crippen LogP contribution in [0.25, 0.3) is 10.9 Å². The fourth-order valence-electron chi connectivity index (χ4n) is 3.92. The maximum absolute atomic E-state index is 14.4. The highest BCUT2D eigenvalue weighted by Crippen LogP contribution is 2.44. The number of thioether (sulfide) groups is 1. The predicted octanol–water partition coefficient (Wildman–Crippen LogP) is 5.57. The van der Waals surface area contributed by atoms with E-state index in [0.717, 1.165) is 22.3 Å². The second-order valence-corrected chi connectivity index (χ2v) is 8.42. The third kappa shape index (κ3) is 3.58. The number of halogens is 3. The van der Waals surface area contributed by atoms with Gasteiger partial charge < -0.3 is 10.4 Å². The van der Waals surface area contributed by atoms with E-state index in [1.165, 1.54) is 23.9 Å². The van der Waals surface area contributed by atoms with E-state index in [0.29, 0.717) is 22.5 Å². The molecule has 0 aliphatic carbocycles. The number of hydrogen-bond donors (Lipinski definition) is 2. The van der Waals surface area contributed by atoms with E-state index in [-0.39, 0.29) is 30.2 Å². The van der Waals surface area contributed by atoms with E-state index in [1.54, 1.807) is 18.2 Å². The summed E-state index contributed by atoms with van der Waals surface area (Å²) >= 11 is 1.44. The summed E-state index contributed by atoms with van der Waals surface area (Å²) in [6.45, 7) is 2.03. The van der Waals surface area contributed by atoms with E-state index in [1.807, 2.05) is 17.6 Å². The molecule has 5 nitrogen and oxygen atoms in total. The van der Waals surface area contributed by atoms with Crippen molar-refractivity contribution in [3.63, 3.8) is 0 Å². The molecule has 0 saturated heterocycles. The maximum Gasteiger partial charge on any atom is 0.275 e. The first-order chi connectivity index (χ1) is 14.3. The second-order valence-electron chi connectivity index (χ2n) is 7.28. The van der Waals surface area contributed by atoms with E-state index in [2.05, 4.69) is 10.2 Å². The summed E-state index contributed by atoms with van der Waals surface area (Å²) in [7, 11) is 0. The molecule has 0 radical (unpaired) electrons. The fourth-order valence-corrected chi connectivity index (χ4v) is 5.03. The Hall–Kier alpha value is -2.81. The number of benzene rings is 2. The van der Waals surface area contributed by atoms with Crippen molar-refractivity contribution in [2.24, 2.45) is 16.1 Å². The molecule has 0 bridgehead atoms. The molecule has 30 heavy (non-hydrogen) atoms. The van der Waals surface area contributed by atoms with Crippen LogP contribution in [0.5, 0.6) is 0 Å². The quantitative estimate of drug-likeness (QED) is 0.186. The summed E-state index contributed by atoms with van der Waals surface area (Å²) in [5.41, 5.74) is 10.4. The number of nitrogens with zero attached hydrogens (tertiary/aromatic N) is 3. The number of hydrazone groups is 1. The van der Waals surface area contributed by atoms with Crippen LogP contribution in [0.1, 0.15) is 28.8 Å². The van der Waals surface area contributed by atoms with Crippen LogP contribution in [0.15, 0.2) is 51.5 Å².